The van der Waals surface area contributed by atoms with Gasteiger partial charge in [-0.25, -0.2) is 0 Å². The predicted octanol–water partition coefficient (Wildman–Crippen LogP) is 4.31. The highest BCUT2D eigenvalue weighted by molar-refractivity contribution is 9.10. The third-order valence-corrected chi connectivity index (χ3v) is 3.68. The first-order chi connectivity index (χ1) is 7.63. The van der Waals surface area contributed by atoms with Gasteiger partial charge < -0.3 is 5.32 Å². The van der Waals surface area contributed by atoms with Crippen molar-refractivity contribution in [2.24, 2.45) is 5.92 Å². The molecule has 1 nitrogen and oxygen atoms in total. The molecule has 0 aromatic heterocycles. The van der Waals surface area contributed by atoms with Crippen molar-refractivity contribution in [2.45, 2.75) is 32.2 Å². The summed E-state index contributed by atoms with van der Waals surface area (Å²) in [5.41, 5.74) is 1.39. The van der Waals surface area contributed by atoms with E-state index in [1.807, 2.05) is 11.8 Å². The molecule has 0 saturated carbocycles. The van der Waals surface area contributed by atoms with Crippen molar-refractivity contribution < 1.29 is 0 Å². The minimum Gasteiger partial charge on any atom is -0.312 e. The number of nitrogens with one attached hydrogen (secondary N) is 1. The van der Waals surface area contributed by atoms with Gasteiger partial charge in [0.25, 0.3) is 0 Å². The Morgan fingerprint density at radius 1 is 1.38 bits per heavy atom. The fourth-order valence-electron chi connectivity index (χ4n) is 1.48. The number of hydrogen-bond donors (Lipinski definition) is 1. The number of rotatable bonds is 6. The van der Waals surface area contributed by atoms with Gasteiger partial charge in [-0.1, -0.05) is 36.7 Å². The van der Waals surface area contributed by atoms with Crippen LogP contribution < -0.4 is 5.32 Å². The molecule has 3 heteroatoms. The molecule has 1 aromatic carbocycles. The Morgan fingerprint density at radius 3 is 2.75 bits per heavy atom. The first-order valence-corrected chi connectivity index (χ1v) is 7.53. The fourth-order valence-corrected chi connectivity index (χ4v) is 2.68. The maximum Gasteiger partial charge on any atom is 0.0217 e. The monoisotopic (exact) mass is 301 g/mol. The number of thioether (sulfide) groups is 1. The van der Waals surface area contributed by atoms with Gasteiger partial charge in [0, 0.05) is 15.9 Å². The van der Waals surface area contributed by atoms with Gasteiger partial charge in [-0.15, -0.1) is 11.8 Å². The first-order valence-electron chi connectivity index (χ1n) is 5.75. The van der Waals surface area contributed by atoms with E-state index in [-0.39, 0.29) is 0 Å². The van der Waals surface area contributed by atoms with Gasteiger partial charge in [-0.05, 0) is 42.0 Å². The molecule has 0 aliphatic carbocycles. The maximum atomic E-state index is 3.53. The zero-order chi connectivity index (χ0) is 12.0. The van der Waals surface area contributed by atoms with Gasteiger partial charge in [0.1, 0.15) is 0 Å². The van der Waals surface area contributed by atoms with Gasteiger partial charge >= 0.3 is 0 Å². The van der Waals surface area contributed by atoms with E-state index in [2.05, 4.69) is 60.2 Å². The molecule has 16 heavy (non-hydrogen) atoms. The SMILES string of the molecule is CCSc1ccc(Br)cc1CNCC(C)C. The van der Waals surface area contributed by atoms with Crippen LogP contribution in [-0.2, 0) is 6.54 Å². The molecule has 0 saturated heterocycles. The van der Waals surface area contributed by atoms with Crippen LogP contribution >= 0.6 is 27.7 Å². The Morgan fingerprint density at radius 2 is 2.12 bits per heavy atom. The normalized spacial score (nSPS) is 11.1. The zero-order valence-electron chi connectivity index (χ0n) is 10.2. The smallest absolute Gasteiger partial charge is 0.0217 e. The minimum absolute atomic E-state index is 0.703. The number of hydrogen-bond acceptors (Lipinski definition) is 2. The van der Waals surface area contributed by atoms with Crippen LogP contribution in [0.25, 0.3) is 0 Å². The minimum atomic E-state index is 0.703. The lowest BCUT2D eigenvalue weighted by Crippen LogP contribution is -2.19. The molecule has 0 heterocycles. The molecule has 0 atom stereocenters. The van der Waals surface area contributed by atoms with Crippen LogP contribution in [0.2, 0.25) is 0 Å². The third kappa shape index (κ3) is 4.89. The Balaban J connectivity index is 2.64. The fraction of sp³-hybridized carbons (Fsp3) is 0.538. The van der Waals surface area contributed by atoms with Crippen LogP contribution in [0.4, 0.5) is 0 Å². The number of halogens is 1. The van der Waals surface area contributed by atoms with Crippen molar-refractivity contribution in [1.82, 2.24) is 5.32 Å². The standard InChI is InChI=1S/C13H20BrNS/c1-4-16-13-6-5-12(14)7-11(13)9-15-8-10(2)3/h5-7,10,15H,4,8-9H2,1-3H3. The molecular formula is C13H20BrNS. The van der Waals surface area contributed by atoms with E-state index in [0.717, 1.165) is 23.3 Å². The van der Waals surface area contributed by atoms with Crippen LogP contribution in [0.3, 0.4) is 0 Å². The molecule has 1 N–H and O–H groups in total. The van der Waals surface area contributed by atoms with Crippen molar-refractivity contribution >= 4 is 27.7 Å². The van der Waals surface area contributed by atoms with E-state index in [0.29, 0.717) is 5.92 Å². The molecule has 0 amide bonds. The largest absolute Gasteiger partial charge is 0.312 e. The van der Waals surface area contributed by atoms with Gasteiger partial charge in [0.05, 0.1) is 0 Å². The molecule has 0 radical (unpaired) electrons. The lowest BCUT2D eigenvalue weighted by molar-refractivity contribution is 0.550. The van der Waals surface area contributed by atoms with Gasteiger partial charge in [-0.2, -0.15) is 0 Å². The lowest BCUT2D eigenvalue weighted by atomic mass is 10.2. The summed E-state index contributed by atoms with van der Waals surface area (Å²) >= 11 is 5.44. The second-order valence-corrected chi connectivity index (χ2v) is 6.43. The van der Waals surface area contributed by atoms with Crippen molar-refractivity contribution in [1.29, 1.82) is 0 Å². The average Bonchev–Trinajstić information content (AvgIpc) is 2.21. The van der Waals surface area contributed by atoms with E-state index in [1.165, 1.54) is 10.5 Å². The van der Waals surface area contributed by atoms with Crippen molar-refractivity contribution in [3.63, 3.8) is 0 Å². The zero-order valence-corrected chi connectivity index (χ0v) is 12.6. The molecule has 0 bridgehead atoms. The summed E-state index contributed by atoms with van der Waals surface area (Å²) in [6.45, 7) is 8.69. The van der Waals surface area contributed by atoms with Crippen LogP contribution in [0.1, 0.15) is 26.3 Å². The number of benzene rings is 1. The summed E-state index contributed by atoms with van der Waals surface area (Å²) in [7, 11) is 0. The molecule has 0 unspecified atom stereocenters. The topological polar surface area (TPSA) is 12.0 Å². The molecule has 0 aliphatic heterocycles. The first kappa shape index (κ1) is 14.1. The molecule has 90 valence electrons. The second-order valence-electron chi connectivity index (χ2n) is 4.21. The summed E-state index contributed by atoms with van der Waals surface area (Å²) in [5, 5.41) is 3.49. The Hall–Kier alpha value is 0.01000. The van der Waals surface area contributed by atoms with E-state index in [1.54, 1.807) is 0 Å². The van der Waals surface area contributed by atoms with Crippen molar-refractivity contribution in [3.8, 4) is 0 Å². The van der Waals surface area contributed by atoms with Crippen LogP contribution in [0.5, 0.6) is 0 Å². The van der Waals surface area contributed by atoms with Crippen molar-refractivity contribution in [2.75, 3.05) is 12.3 Å². The quantitative estimate of drug-likeness (QED) is 0.786. The highest BCUT2D eigenvalue weighted by Gasteiger charge is 2.03. The molecular weight excluding hydrogens is 282 g/mol. The van der Waals surface area contributed by atoms with E-state index < -0.39 is 0 Å². The van der Waals surface area contributed by atoms with E-state index in [9.17, 15) is 0 Å². The van der Waals surface area contributed by atoms with Gasteiger partial charge in [0.15, 0.2) is 0 Å². The van der Waals surface area contributed by atoms with Crippen LogP contribution in [0, 0.1) is 5.92 Å². The highest BCUT2D eigenvalue weighted by atomic mass is 79.9. The third-order valence-electron chi connectivity index (χ3n) is 2.19. The van der Waals surface area contributed by atoms with Gasteiger partial charge in [-0.3, -0.25) is 0 Å². The molecule has 0 spiro atoms. The second kappa shape index (κ2) is 7.36. The predicted molar refractivity (Wildman–Crippen MR) is 77.1 cm³/mol. The summed E-state index contributed by atoms with van der Waals surface area (Å²) < 4.78 is 1.16. The summed E-state index contributed by atoms with van der Waals surface area (Å²) in [6.07, 6.45) is 0. The summed E-state index contributed by atoms with van der Waals surface area (Å²) in [6, 6.07) is 6.53. The lowest BCUT2D eigenvalue weighted by Gasteiger charge is -2.11. The van der Waals surface area contributed by atoms with Gasteiger partial charge in [0.2, 0.25) is 0 Å². The summed E-state index contributed by atoms with van der Waals surface area (Å²) in [4.78, 5) is 1.39. The Labute approximate surface area is 112 Å². The van der Waals surface area contributed by atoms with E-state index in [4.69, 9.17) is 0 Å². The maximum absolute atomic E-state index is 3.53. The highest BCUT2D eigenvalue weighted by Crippen LogP contribution is 2.25. The van der Waals surface area contributed by atoms with E-state index >= 15 is 0 Å². The van der Waals surface area contributed by atoms with Crippen LogP contribution in [-0.4, -0.2) is 12.3 Å². The van der Waals surface area contributed by atoms with Crippen LogP contribution in [0.15, 0.2) is 27.6 Å². The molecule has 1 aromatic rings. The average molecular weight is 302 g/mol. The molecule has 0 aliphatic rings. The Bertz CT molecular complexity index is 326. The molecule has 0 fully saturated rings. The Kier molecular flexibility index (Phi) is 6.47. The van der Waals surface area contributed by atoms with Crippen molar-refractivity contribution in [3.05, 3.63) is 28.2 Å². The summed E-state index contributed by atoms with van der Waals surface area (Å²) in [5.74, 6) is 1.83. The molecule has 1 rings (SSSR count).